The molecule has 11 heteroatoms. The zero-order valence-corrected chi connectivity index (χ0v) is 20.7. The van der Waals surface area contributed by atoms with Gasteiger partial charge in [-0.2, -0.15) is 15.0 Å². The lowest BCUT2D eigenvalue weighted by Gasteiger charge is -2.30. The summed E-state index contributed by atoms with van der Waals surface area (Å²) in [6.45, 7) is 5.40. The van der Waals surface area contributed by atoms with E-state index in [4.69, 9.17) is 28.9 Å². The van der Waals surface area contributed by atoms with Gasteiger partial charge in [0.15, 0.2) is 11.5 Å². The SMILES string of the molecule is COc1cc(-c2nc3ccccc3s2)ccc1Oc1nc(N2CCOCC2)nc(N2CCOCC2)n1. The fraction of sp³-hybridized carbons (Fsp3) is 0.360. The number of morpholine rings is 2. The Morgan fingerprint density at radius 1 is 0.778 bits per heavy atom. The van der Waals surface area contributed by atoms with Gasteiger partial charge in [0.25, 0.3) is 0 Å². The number of para-hydroxylation sites is 1. The van der Waals surface area contributed by atoms with Crippen LogP contribution in [-0.4, -0.2) is 79.7 Å². The van der Waals surface area contributed by atoms with Crippen LogP contribution in [0, 0.1) is 0 Å². The van der Waals surface area contributed by atoms with Crippen molar-refractivity contribution in [1.29, 1.82) is 0 Å². The number of aromatic nitrogens is 4. The fourth-order valence-corrected chi connectivity index (χ4v) is 5.13. The van der Waals surface area contributed by atoms with Crippen molar-refractivity contribution in [2.24, 2.45) is 0 Å². The molecular weight excluding hydrogens is 480 g/mol. The second-order valence-electron chi connectivity index (χ2n) is 8.37. The summed E-state index contributed by atoms with van der Waals surface area (Å²) in [6, 6.07) is 14.1. The predicted molar refractivity (Wildman–Crippen MR) is 138 cm³/mol. The minimum atomic E-state index is 0.221. The Balaban J connectivity index is 1.32. The molecule has 4 aromatic rings. The van der Waals surface area contributed by atoms with Crippen molar-refractivity contribution >= 4 is 33.5 Å². The van der Waals surface area contributed by atoms with Gasteiger partial charge in [0, 0.05) is 31.7 Å². The maximum absolute atomic E-state index is 6.19. The number of fused-ring (bicyclic) bond motifs is 1. The lowest BCUT2D eigenvalue weighted by atomic mass is 10.2. The summed E-state index contributed by atoms with van der Waals surface area (Å²) >= 11 is 1.64. The number of ether oxygens (including phenoxy) is 4. The number of hydrogen-bond donors (Lipinski definition) is 0. The van der Waals surface area contributed by atoms with Gasteiger partial charge in [-0.25, -0.2) is 4.98 Å². The smallest absolute Gasteiger partial charge is 0.328 e. The minimum Gasteiger partial charge on any atom is -0.493 e. The normalized spacial score (nSPS) is 16.4. The van der Waals surface area contributed by atoms with Crippen molar-refractivity contribution in [3.63, 3.8) is 0 Å². The van der Waals surface area contributed by atoms with Gasteiger partial charge in [-0.3, -0.25) is 0 Å². The van der Waals surface area contributed by atoms with Crippen LogP contribution in [0.4, 0.5) is 11.9 Å². The van der Waals surface area contributed by atoms with E-state index in [1.807, 2.05) is 36.4 Å². The molecule has 0 atom stereocenters. The average molecular weight is 507 g/mol. The summed E-state index contributed by atoms with van der Waals surface area (Å²) in [7, 11) is 1.62. The van der Waals surface area contributed by atoms with E-state index >= 15 is 0 Å². The summed E-state index contributed by atoms with van der Waals surface area (Å²) in [6.07, 6.45) is 0. The largest absolute Gasteiger partial charge is 0.493 e. The van der Waals surface area contributed by atoms with Crippen LogP contribution in [0.2, 0.25) is 0 Å². The highest BCUT2D eigenvalue weighted by Crippen LogP contribution is 2.37. The second-order valence-corrected chi connectivity index (χ2v) is 9.40. The Hall–Kier alpha value is -3.54. The van der Waals surface area contributed by atoms with Crippen molar-refractivity contribution in [3.05, 3.63) is 42.5 Å². The van der Waals surface area contributed by atoms with Crippen LogP contribution in [0.5, 0.6) is 17.5 Å². The third kappa shape index (κ3) is 4.77. The van der Waals surface area contributed by atoms with Gasteiger partial charge < -0.3 is 28.7 Å². The molecule has 2 fully saturated rings. The van der Waals surface area contributed by atoms with E-state index in [-0.39, 0.29) is 6.01 Å². The quantitative estimate of drug-likeness (QED) is 0.386. The molecule has 36 heavy (non-hydrogen) atoms. The van der Waals surface area contributed by atoms with E-state index in [0.29, 0.717) is 76.0 Å². The number of nitrogens with zero attached hydrogens (tertiary/aromatic N) is 6. The molecule has 0 spiro atoms. The van der Waals surface area contributed by atoms with Crippen LogP contribution in [0.1, 0.15) is 0 Å². The third-order valence-corrected chi connectivity index (χ3v) is 7.17. The monoisotopic (exact) mass is 506 g/mol. The van der Waals surface area contributed by atoms with Crippen LogP contribution in [0.25, 0.3) is 20.8 Å². The van der Waals surface area contributed by atoms with Crippen LogP contribution in [-0.2, 0) is 9.47 Å². The highest BCUT2D eigenvalue weighted by atomic mass is 32.1. The molecule has 0 unspecified atom stereocenters. The molecular formula is C25H26N6O4S. The van der Waals surface area contributed by atoms with Crippen LogP contribution < -0.4 is 19.3 Å². The zero-order valence-electron chi connectivity index (χ0n) is 19.9. The lowest BCUT2D eigenvalue weighted by molar-refractivity contribution is 0.121. The van der Waals surface area contributed by atoms with E-state index in [0.717, 1.165) is 20.8 Å². The summed E-state index contributed by atoms with van der Waals surface area (Å²) in [5.41, 5.74) is 1.94. The third-order valence-electron chi connectivity index (χ3n) is 6.08. The van der Waals surface area contributed by atoms with Crippen molar-refractivity contribution in [2.75, 3.05) is 69.5 Å². The number of hydrogen-bond acceptors (Lipinski definition) is 11. The second kappa shape index (κ2) is 10.2. The Labute approximate surface area is 212 Å². The highest BCUT2D eigenvalue weighted by molar-refractivity contribution is 7.21. The zero-order chi connectivity index (χ0) is 24.3. The highest BCUT2D eigenvalue weighted by Gasteiger charge is 2.22. The molecule has 0 N–H and O–H groups in total. The van der Waals surface area contributed by atoms with E-state index in [1.165, 1.54) is 0 Å². The predicted octanol–water partition coefficient (Wildman–Crippen LogP) is 3.62. The van der Waals surface area contributed by atoms with Crippen molar-refractivity contribution < 1.29 is 18.9 Å². The minimum absolute atomic E-state index is 0.221. The Morgan fingerprint density at radius 3 is 2.08 bits per heavy atom. The van der Waals surface area contributed by atoms with Crippen LogP contribution in [0.15, 0.2) is 42.5 Å². The summed E-state index contributed by atoms with van der Waals surface area (Å²) in [5.74, 6) is 2.26. The van der Waals surface area contributed by atoms with E-state index in [9.17, 15) is 0 Å². The number of rotatable bonds is 6. The fourth-order valence-electron chi connectivity index (χ4n) is 4.17. The van der Waals surface area contributed by atoms with Gasteiger partial charge in [0.1, 0.15) is 5.01 Å². The number of methoxy groups -OCH3 is 1. The Bertz CT molecular complexity index is 1280. The topological polar surface area (TPSA) is 95.0 Å². The first-order valence-corrected chi connectivity index (χ1v) is 12.7. The number of benzene rings is 2. The molecule has 186 valence electrons. The lowest BCUT2D eigenvalue weighted by Crippen LogP contribution is -2.40. The summed E-state index contributed by atoms with van der Waals surface area (Å²) in [5, 5.41) is 0.922. The van der Waals surface area contributed by atoms with Crippen LogP contribution in [0.3, 0.4) is 0 Å². The first-order chi connectivity index (χ1) is 17.8. The molecule has 0 bridgehead atoms. The maximum atomic E-state index is 6.19. The molecule has 4 heterocycles. The van der Waals surface area contributed by atoms with Gasteiger partial charge in [-0.15, -0.1) is 11.3 Å². The first-order valence-electron chi connectivity index (χ1n) is 11.9. The molecule has 6 rings (SSSR count). The van der Waals surface area contributed by atoms with Crippen molar-refractivity contribution in [3.8, 4) is 28.1 Å². The first kappa shape index (κ1) is 22.9. The van der Waals surface area contributed by atoms with Gasteiger partial charge in [0.2, 0.25) is 11.9 Å². The Kier molecular flexibility index (Phi) is 6.50. The molecule has 0 amide bonds. The van der Waals surface area contributed by atoms with Gasteiger partial charge >= 0.3 is 6.01 Å². The molecule has 0 aliphatic carbocycles. The van der Waals surface area contributed by atoms with E-state index < -0.39 is 0 Å². The molecule has 2 aliphatic heterocycles. The van der Waals surface area contributed by atoms with Crippen molar-refractivity contribution in [1.82, 2.24) is 19.9 Å². The van der Waals surface area contributed by atoms with E-state index in [2.05, 4.69) is 25.8 Å². The molecule has 0 saturated carbocycles. The summed E-state index contributed by atoms with van der Waals surface area (Å²) in [4.78, 5) is 23.0. The summed E-state index contributed by atoms with van der Waals surface area (Å²) < 4.78 is 24.0. The molecule has 2 aromatic heterocycles. The molecule has 10 nitrogen and oxygen atoms in total. The molecule has 0 radical (unpaired) electrons. The number of thiazole rings is 1. The maximum Gasteiger partial charge on any atom is 0.328 e. The molecule has 2 aliphatic rings. The standard InChI is InChI=1S/C25H26N6O4S/c1-32-20-16-17(22-26-18-4-2-3-5-21(18)36-22)6-7-19(20)35-25-28-23(30-8-12-33-13-9-30)27-24(29-25)31-10-14-34-15-11-31/h2-7,16H,8-15H2,1H3. The van der Waals surface area contributed by atoms with Crippen molar-refractivity contribution in [2.45, 2.75) is 0 Å². The molecule has 2 saturated heterocycles. The van der Waals surface area contributed by atoms with Gasteiger partial charge in [-0.05, 0) is 30.3 Å². The Morgan fingerprint density at radius 2 is 1.44 bits per heavy atom. The van der Waals surface area contributed by atoms with Gasteiger partial charge in [0.05, 0.1) is 43.8 Å². The van der Waals surface area contributed by atoms with Gasteiger partial charge in [-0.1, -0.05) is 12.1 Å². The average Bonchev–Trinajstić information content (AvgIpc) is 3.38. The molecule has 2 aromatic carbocycles. The van der Waals surface area contributed by atoms with Crippen LogP contribution >= 0.6 is 11.3 Å². The number of anilines is 2. The van der Waals surface area contributed by atoms with E-state index in [1.54, 1.807) is 18.4 Å².